The fourth-order valence-corrected chi connectivity index (χ4v) is 2.98. The minimum absolute atomic E-state index is 0.460. The molecule has 5 rings (SSSR count). The summed E-state index contributed by atoms with van der Waals surface area (Å²) in [6.45, 7) is 2.43. The Bertz CT molecular complexity index is 1060. The molecule has 0 amide bonds. The molecule has 0 aliphatic heterocycles. The SMILES string of the molecule is Cc1cc2nc(-c3ccccc3)cc(NCc3noc(C4CC4)n3)n2n1. The van der Waals surface area contributed by atoms with Gasteiger partial charge in [-0.1, -0.05) is 35.5 Å². The van der Waals surface area contributed by atoms with Crippen molar-refractivity contribution in [3.63, 3.8) is 0 Å². The Kier molecular flexibility index (Phi) is 3.44. The summed E-state index contributed by atoms with van der Waals surface area (Å²) in [6, 6.07) is 14.1. The topological polar surface area (TPSA) is 81.1 Å². The molecule has 4 aromatic rings. The van der Waals surface area contributed by atoms with Gasteiger partial charge >= 0.3 is 0 Å². The molecular weight excluding hydrogens is 328 g/mol. The molecule has 1 N–H and O–H groups in total. The summed E-state index contributed by atoms with van der Waals surface area (Å²) in [5.74, 6) is 2.71. The van der Waals surface area contributed by atoms with E-state index in [-0.39, 0.29) is 0 Å². The van der Waals surface area contributed by atoms with E-state index in [1.165, 1.54) is 0 Å². The Hall–Kier alpha value is -3.22. The first-order valence-corrected chi connectivity index (χ1v) is 8.75. The highest BCUT2D eigenvalue weighted by Crippen LogP contribution is 2.38. The molecule has 130 valence electrons. The predicted molar refractivity (Wildman–Crippen MR) is 96.8 cm³/mol. The molecule has 0 unspecified atom stereocenters. The Labute approximate surface area is 150 Å². The number of anilines is 1. The minimum Gasteiger partial charge on any atom is -0.362 e. The molecule has 3 heterocycles. The van der Waals surface area contributed by atoms with Crippen LogP contribution in [0.25, 0.3) is 16.9 Å². The second-order valence-corrected chi connectivity index (χ2v) is 6.63. The molecule has 1 fully saturated rings. The van der Waals surface area contributed by atoms with Crippen LogP contribution < -0.4 is 5.32 Å². The van der Waals surface area contributed by atoms with Gasteiger partial charge < -0.3 is 9.84 Å². The zero-order valence-electron chi connectivity index (χ0n) is 14.4. The van der Waals surface area contributed by atoms with Gasteiger partial charge in [0.05, 0.1) is 17.9 Å². The van der Waals surface area contributed by atoms with Crippen LogP contribution >= 0.6 is 0 Å². The van der Waals surface area contributed by atoms with E-state index in [1.54, 1.807) is 0 Å². The molecule has 0 bridgehead atoms. The van der Waals surface area contributed by atoms with E-state index in [9.17, 15) is 0 Å². The van der Waals surface area contributed by atoms with E-state index in [0.29, 0.717) is 18.3 Å². The molecule has 3 aromatic heterocycles. The van der Waals surface area contributed by atoms with E-state index in [1.807, 2.05) is 53.9 Å². The van der Waals surface area contributed by atoms with Crippen molar-refractivity contribution in [1.29, 1.82) is 0 Å². The maximum Gasteiger partial charge on any atom is 0.229 e. The molecule has 1 saturated carbocycles. The second-order valence-electron chi connectivity index (χ2n) is 6.63. The zero-order chi connectivity index (χ0) is 17.5. The van der Waals surface area contributed by atoms with Crippen LogP contribution in [-0.4, -0.2) is 24.7 Å². The zero-order valence-corrected chi connectivity index (χ0v) is 14.4. The average molecular weight is 346 g/mol. The maximum atomic E-state index is 5.33. The predicted octanol–water partition coefficient (Wildman–Crippen LogP) is 3.58. The van der Waals surface area contributed by atoms with Gasteiger partial charge in [0, 0.05) is 23.6 Å². The molecule has 1 aromatic carbocycles. The van der Waals surface area contributed by atoms with Crippen LogP contribution in [0.15, 0.2) is 47.0 Å². The lowest BCUT2D eigenvalue weighted by Gasteiger charge is -2.09. The summed E-state index contributed by atoms with van der Waals surface area (Å²) in [5, 5.41) is 12.0. The highest BCUT2D eigenvalue weighted by molar-refractivity contribution is 5.66. The Morgan fingerprint density at radius 3 is 2.81 bits per heavy atom. The highest BCUT2D eigenvalue weighted by atomic mass is 16.5. The third-order valence-corrected chi connectivity index (χ3v) is 4.46. The number of rotatable bonds is 5. The summed E-state index contributed by atoms with van der Waals surface area (Å²) in [6.07, 6.45) is 2.29. The number of nitrogens with one attached hydrogen (secondary N) is 1. The lowest BCUT2D eigenvalue weighted by Crippen LogP contribution is -2.07. The molecule has 0 radical (unpaired) electrons. The molecule has 1 aliphatic rings. The molecule has 0 spiro atoms. The van der Waals surface area contributed by atoms with Crippen LogP contribution in [0.3, 0.4) is 0 Å². The van der Waals surface area contributed by atoms with Gasteiger partial charge in [-0.2, -0.15) is 14.6 Å². The van der Waals surface area contributed by atoms with Crippen LogP contribution in [-0.2, 0) is 6.54 Å². The van der Waals surface area contributed by atoms with Crippen LogP contribution in [0, 0.1) is 6.92 Å². The highest BCUT2D eigenvalue weighted by Gasteiger charge is 2.29. The van der Waals surface area contributed by atoms with E-state index in [4.69, 9.17) is 9.51 Å². The minimum atomic E-state index is 0.460. The Balaban J connectivity index is 1.48. The first-order valence-electron chi connectivity index (χ1n) is 8.75. The van der Waals surface area contributed by atoms with Crippen molar-refractivity contribution in [1.82, 2.24) is 24.7 Å². The molecule has 0 atom stereocenters. The Morgan fingerprint density at radius 1 is 1.15 bits per heavy atom. The standard InChI is InChI=1S/C19H18N6O/c1-12-9-18-21-15(13-5-3-2-4-6-13)10-17(25(18)23-12)20-11-16-22-19(26-24-16)14-7-8-14/h2-6,9-10,14,20H,7-8,11H2,1H3. The average Bonchev–Trinajstić information content (AvgIpc) is 3.28. The van der Waals surface area contributed by atoms with Crippen LogP contribution in [0.5, 0.6) is 0 Å². The van der Waals surface area contributed by atoms with Crippen molar-refractivity contribution in [3.05, 3.63) is 59.9 Å². The van der Waals surface area contributed by atoms with E-state index >= 15 is 0 Å². The summed E-state index contributed by atoms with van der Waals surface area (Å²) in [5.41, 5.74) is 3.68. The number of fused-ring (bicyclic) bond motifs is 1. The smallest absolute Gasteiger partial charge is 0.229 e. The van der Waals surface area contributed by atoms with Crippen molar-refractivity contribution in [2.45, 2.75) is 32.2 Å². The molecule has 7 heteroatoms. The molecule has 0 saturated heterocycles. The normalized spacial score (nSPS) is 14.0. The van der Waals surface area contributed by atoms with Crippen molar-refractivity contribution >= 4 is 11.5 Å². The van der Waals surface area contributed by atoms with Crippen LogP contribution in [0.1, 0.15) is 36.2 Å². The summed E-state index contributed by atoms with van der Waals surface area (Å²) in [7, 11) is 0. The summed E-state index contributed by atoms with van der Waals surface area (Å²) >= 11 is 0. The van der Waals surface area contributed by atoms with Crippen LogP contribution in [0.4, 0.5) is 5.82 Å². The van der Waals surface area contributed by atoms with Gasteiger partial charge in [-0.05, 0) is 19.8 Å². The second kappa shape index (κ2) is 5.94. The van der Waals surface area contributed by atoms with E-state index in [0.717, 1.165) is 47.1 Å². The first-order chi connectivity index (χ1) is 12.8. The lowest BCUT2D eigenvalue weighted by molar-refractivity contribution is 0.374. The molecule has 26 heavy (non-hydrogen) atoms. The number of aromatic nitrogens is 5. The van der Waals surface area contributed by atoms with Crippen molar-refractivity contribution in [3.8, 4) is 11.3 Å². The van der Waals surface area contributed by atoms with Crippen molar-refractivity contribution in [2.75, 3.05) is 5.32 Å². The van der Waals surface area contributed by atoms with E-state index in [2.05, 4.69) is 20.6 Å². The number of aryl methyl sites for hydroxylation is 1. The Morgan fingerprint density at radius 2 is 2.00 bits per heavy atom. The quantitative estimate of drug-likeness (QED) is 0.595. The number of hydrogen-bond acceptors (Lipinski definition) is 6. The van der Waals surface area contributed by atoms with Gasteiger partial charge in [0.15, 0.2) is 11.5 Å². The number of benzene rings is 1. The fraction of sp³-hybridized carbons (Fsp3) is 0.263. The first kappa shape index (κ1) is 15.1. The van der Waals surface area contributed by atoms with Crippen molar-refractivity contribution < 1.29 is 4.52 Å². The van der Waals surface area contributed by atoms with Gasteiger partial charge in [-0.3, -0.25) is 0 Å². The monoisotopic (exact) mass is 346 g/mol. The van der Waals surface area contributed by atoms with Gasteiger partial charge in [-0.25, -0.2) is 4.98 Å². The van der Waals surface area contributed by atoms with E-state index < -0.39 is 0 Å². The van der Waals surface area contributed by atoms with Gasteiger partial charge in [-0.15, -0.1) is 0 Å². The molecular formula is C19H18N6O. The summed E-state index contributed by atoms with van der Waals surface area (Å²) < 4.78 is 7.13. The largest absolute Gasteiger partial charge is 0.362 e. The van der Waals surface area contributed by atoms with Crippen LogP contribution in [0.2, 0.25) is 0 Å². The molecule has 1 aliphatic carbocycles. The number of nitrogens with zero attached hydrogens (tertiary/aromatic N) is 5. The summed E-state index contributed by atoms with van der Waals surface area (Å²) in [4.78, 5) is 9.20. The molecule has 7 nitrogen and oxygen atoms in total. The third kappa shape index (κ3) is 2.81. The third-order valence-electron chi connectivity index (χ3n) is 4.46. The van der Waals surface area contributed by atoms with Gasteiger partial charge in [0.2, 0.25) is 5.89 Å². The number of hydrogen-bond donors (Lipinski definition) is 1. The van der Waals surface area contributed by atoms with Gasteiger partial charge in [0.25, 0.3) is 0 Å². The fourth-order valence-electron chi connectivity index (χ4n) is 2.98. The maximum absolute atomic E-state index is 5.33. The van der Waals surface area contributed by atoms with Crippen molar-refractivity contribution in [2.24, 2.45) is 0 Å². The lowest BCUT2D eigenvalue weighted by atomic mass is 10.1. The van der Waals surface area contributed by atoms with Gasteiger partial charge in [0.1, 0.15) is 5.82 Å².